The zero-order chi connectivity index (χ0) is 13.1. The van der Waals surface area contributed by atoms with Crippen molar-refractivity contribution in [2.75, 3.05) is 0 Å². The Bertz CT molecular complexity index is 420. The van der Waals surface area contributed by atoms with Gasteiger partial charge in [0.1, 0.15) is 5.82 Å². The van der Waals surface area contributed by atoms with E-state index in [1.165, 1.54) is 6.92 Å². The molecule has 0 aliphatic rings. The third-order valence-corrected chi connectivity index (χ3v) is 2.41. The Morgan fingerprint density at radius 1 is 1.47 bits per heavy atom. The molecule has 1 atom stereocenters. The van der Waals surface area contributed by atoms with Crippen LogP contribution in [0.1, 0.15) is 26.7 Å². The van der Waals surface area contributed by atoms with Gasteiger partial charge in [-0.05, 0) is 25.5 Å². The quantitative estimate of drug-likeness (QED) is 0.866. The van der Waals surface area contributed by atoms with Crippen LogP contribution in [0.5, 0.6) is 5.75 Å². The normalized spacial score (nSPS) is 14.1. The summed E-state index contributed by atoms with van der Waals surface area (Å²) in [6.45, 7) is 3.16. The summed E-state index contributed by atoms with van der Waals surface area (Å²) in [4.78, 5) is 11.1. The van der Waals surface area contributed by atoms with E-state index in [0.29, 0.717) is 12.5 Å². The standard InChI is InChI=1S/C12H14F2O3/c1-3-6-12(2,11(15)16)17-10-5-4-8(13)7-9(10)14/h4-5,7H,3,6H2,1-2H3,(H,15,16). The number of carboxylic acids is 1. The van der Waals surface area contributed by atoms with E-state index >= 15 is 0 Å². The summed E-state index contributed by atoms with van der Waals surface area (Å²) in [6, 6.07) is 2.76. The molecular formula is C12H14F2O3. The molecule has 0 saturated heterocycles. The lowest BCUT2D eigenvalue weighted by molar-refractivity contribution is -0.154. The molecule has 0 amide bonds. The summed E-state index contributed by atoms with van der Waals surface area (Å²) in [6.07, 6.45) is 0.810. The van der Waals surface area contributed by atoms with Crippen LogP contribution in [0.25, 0.3) is 0 Å². The van der Waals surface area contributed by atoms with E-state index in [9.17, 15) is 13.6 Å². The largest absolute Gasteiger partial charge is 0.478 e. The van der Waals surface area contributed by atoms with Crippen molar-refractivity contribution < 1.29 is 23.4 Å². The van der Waals surface area contributed by atoms with Crippen molar-refractivity contribution in [2.45, 2.75) is 32.3 Å². The second-order valence-electron chi connectivity index (χ2n) is 3.96. The van der Waals surface area contributed by atoms with Gasteiger partial charge in [0.2, 0.25) is 5.60 Å². The fourth-order valence-corrected chi connectivity index (χ4v) is 1.48. The Kier molecular flexibility index (Phi) is 4.04. The number of carboxylic acid groups (broad SMARTS) is 1. The fourth-order valence-electron chi connectivity index (χ4n) is 1.48. The van der Waals surface area contributed by atoms with Gasteiger partial charge in [-0.3, -0.25) is 0 Å². The first-order valence-corrected chi connectivity index (χ1v) is 5.26. The predicted octanol–water partition coefficient (Wildman–Crippen LogP) is 2.99. The van der Waals surface area contributed by atoms with Crippen LogP contribution in [0, 0.1) is 11.6 Å². The van der Waals surface area contributed by atoms with Crippen LogP contribution in [0.15, 0.2) is 18.2 Å². The van der Waals surface area contributed by atoms with Crippen LogP contribution in [0.4, 0.5) is 8.78 Å². The minimum absolute atomic E-state index is 0.235. The third-order valence-electron chi connectivity index (χ3n) is 2.41. The first-order valence-electron chi connectivity index (χ1n) is 5.26. The summed E-state index contributed by atoms with van der Waals surface area (Å²) in [5.41, 5.74) is -1.51. The van der Waals surface area contributed by atoms with Crippen molar-refractivity contribution in [3.63, 3.8) is 0 Å². The Balaban J connectivity index is 2.98. The Morgan fingerprint density at radius 2 is 2.12 bits per heavy atom. The summed E-state index contributed by atoms with van der Waals surface area (Å²) in [5.74, 6) is -3.08. The van der Waals surface area contributed by atoms with Crippen LogP contribution in [0.2, 0.25) is 0 Å². The van der Waals surface area contributed by atoms with Gasteiger partial charge in [0, 0.05) is 6.07 Å². The number of benzene rings is 1. The van der Waals surface area contributed by atoms with E-state index in [2.05, 4.69) is 0 Å². The maximum absolute atomic E-state index is 13.3. The zero-order valence-electron chi connectivity index (χ0n) is 9.67. The lowest BCUT2D eigenvalue weighted by atomic mass is 10.0. The second kappa shape index (κ2) is 5.12. The highest BCUT2D eigenvalue weighted by Gasteiger charge is 2.35. The highest BCUT2D eigenvalue weighted by Crippen LogP contribution is 2.26. The van der Waals surface area contributed by atoms with Gasteiger partial charge in [-0.25, -0.2) is 13.6 Å². The molecule has 1 N–H and O–H groups in total. The Labute approximate surface area is 98.0 Å². The van der Waals surface area contributed by atoms with Crippen LogP contribution >= 0.6 is 0 Å². The molecule has 0 radical (unpaired) electrons. The zero-order valence-corrected chi connectivity index (χ0v) is 9.67. The van der Waals surface area contributed by atoms with E-state index in [-0.39, 0.29) is 12.2 Å². The average Bonchev–Trinajstić information content (AvgIpc) is 2.22. The van der Waals surface area contributed by atoms with Gasteiger partial charge < -0.3 is 9.84 Å². The van der Waals surface area contributed by atoms with Gasteiger partial charge >= 0.3 is 5.97 Å². The first kappa shape index (κ1) is 13.4. The van der Waals surface area contributed by atoms with E-state index in [4.69, 9.17) is 9.84 Å². The van der Waals surface area contributed by atoms with Crippen molar-refractivity contribution in [1.29, 1.82) is 0 Å². The van der Waals surface area contributed by atoms with Gasteiger partial charge in [-0.15, -0.1) is 0 Å². The molecule has 3 nitrogen and oxygen atoms in total. The van der Waals surface area contributed by atoms with Crippen molar-refractivity contribution >= 4 is 5.97 Å². The Morgan fingerprint density at radius 3 is 2.59 bits per heavy atom. The van der Waals surface area contributed by atoms with Gasteiger partial charge in [-0.1, -0.05) is 13.3 Å². The molecule has 0 saturated carbocycles. The molecule has 5 heteroatoms. The molecule has 0 aromatic heterocycles. The predicted molar refractivity (Wildman–Crippen MR) is 57.9 cm³/mol. The minimum Gasteiger partial charge on any atom is -0.478 e. The molecule has 0 heterocycles. The summed E-state index contributed by atoms with van der Waals surface area (Å²) in [7, 11) is 0. The lowest BCUT2D eigenvalue weighted by Gasteiger charge is -2.26. The van der Waals surface area contributed by atoms with Gasteiger partial charge in [0.25, 0.3) is 0 Å². The number of ether oxygens (including phenoxy) is 1. The molecule has 1 aromatic rings. The van der Waals surface area contributed by atoms with Crippen molar-refractivity contribution in [3.05, 3.63) is 29.8 Å². The second-order valence-corrected chi connectivity index (χ2v) is 3.96. The minimum atomic E-state index is -1.51. The fraction of sp³-hybridized carbons (Fsp3) is 0.417. The monoisotopic (exact) mass is 244 g/mol. The van der Waals surface area contributed by atoms with E-state index in [1.54, 1.807) is 6.92 Å². The maximum atomic E-state index is 13.3. The molecule has 0 aliphatic heterocycles. The molecular weight excluding hydrogens is 230 g/mol. The molecule has 0 bridgehead atoms. The topological polar surface area (TPSA) is 46.5 Å². The number of aliphatic carboxylic acids is 1. The summed E-state index contributed by atoms with van der Waals surface area (Å²) >= 11 is 0. The molecule has 0 spiro atoms. The van der Waals surface area contributed by atoms with Gasteiger partial charge in [-0.2, -0.15) is 0 Å². The summed E-state index contributed by atoms with van der Waals surface area (Å²) in [5, 5.41) is 9.05. The van der Waals surface area contributed by atoms with Gasteiger partial charge in [0.15, 0.2) is 11.6 Å². The van der Waals surface area contributed by atoms with Crippen LogP contribution in [0.3, 0.4) is 0 Å². The number of hydrogen-bond donors (Lipinski definition) is 1. The molecule has 0 aliphatic carbocycles. The number of halogens is 2. The molecule has 1 unspecified atom stereocenters. The maximum Gasteiger partial charge on any atom is 0.347 e. The third kappa shape index (κ3) is 3.15. The number of carbonyl (C=O) groups is 1. The average molecular weight is 244 g/mol. The van der Waals surface area contributed by atoms with Crippen LogP contribution < -0.4 is 4.74 Å². The summed E-state index contributed by atoms with van der Waals surface area (Å²) < 4.78 is 31.2. The van der Waals surface area contributed by atoms with E-state index in [0.717, 1.165) is 12.1 Å². The first-order chi connectivity index (χ1) is 7.89. The highest BCUT2D eigenvalue weighted by atomic mass is 19.1. The van der Waals surface area contributed by atoms with Gasteiger partial charge in [0.05, 0.1) is 0 Å². The van der Waals surface area contributed by atoms with Crippen LogP contribution in [-0.2, 0) is 4.79 Å². The van der Waals surface area contributed by atoms with E-state index in [1.807, 2.05) is 0 Å². The Hall–Kier alpha value is -1.65. The molecule has 0 fully saturated rings. The lowest BCUT2D eigenvalue weighted by Crippen LogP contribution is -2.41. The molecule has 94 valence electrons. The molecule has 17 heavy (non-hydrogen) atoms. The van der Waals surface area contributed by atoms with E-state index < -0.39 is 23.2 Å². The van der Waals surface area contributed by atoms with Crippen molar-refractivity contribution in [2.24, 2.45) is 0 Å². The number of rotatable bonds is 5. The highest BCUT2D eigenvalue weighted by molar-refractivity contribution is 5.77. The van der Waals surface area contributed by atoms with Crippen molar-refractivity contribution in [1.82, 2.24) is 0 Å². The van der Waals surface area contributed by atoms with Crippen molar-refractivity contribution in [3.8, 4) is 5.75 Å². The smallest absolute Gasteiger partial charge is 0.347 e. The SMILES string of the molecule is CCCC(C)(Oc1ccc(F)cc1F)C(=O)O. The molecule has 1 aromatic carbocycles. The van der Waals surface area contributed by atoms with Crippen LogP contribution in [-0.4, -0.2) is 16.7 Å². The molecule has 1 rings (SSSR count). The number of hydrogen-bond acceptors (Lipinski definition) is 2.